The summed E-state index contributed by atoms with van der Waals surface area (Å²) < 4.78 is 0. The molecule has 0 atom stereocenters. The van der Waals surface area contributed by atoms with Gasteiger partial charge in [-0.3, -0.25) is 0 Å². The van der Waals surface area contributed by atoms with E-state index in [1.165, 1.54) is 11.3 Å². The lowest BCUT2D eigenvalue weighted by molar-refractivity contribution is 0.394. The third kappa shape index (κ3) is 9.15. The molecule has 0 amide bonds. The number of nitrogens with one attached hydrogen (secondary N) is 1. The van der Waals surface area contributed by atoms with Gasteiger partial charge in [0.2, 0.25) is 0 Å². The molecule has 0 aliphatic rings. The van der Waals surface area contributed by atoms with E-state index >= 15 is 0 Å². The van der Waals surface area contributed by atoms with Crippen LogP contribution >= 0.6 is 36.2 Å². The first-order chi connectivity index (χ1) is 6.29. The van der Waals surface area contributed by atoms with Gasteiger partial charge >= 0.3 is 0 Å². The summed E-state index contributed by atoms with van der Waals surface area (Å²) in [5.74, 6) is 0. The Balaban J connectivity index is 0. The number of nitrogens with zero attached hydrogens (tertiary/aromatic N) is 1. The molecule has 1 heterocycles. The fourth-order valence-electron chi connectivity index (χ4n) is 1.15. The molecule has 1 aromatic rings. The second kappa shape index (κ2) is 10.7. The van der Waals surface area contributed by atoms with Crippen LogP contribution in [0.2, 0.25) is 0 Å². The minimum absolute atomic E-state index is 0. The van der Waals surface area contributed by atoms with Gasteiger partial charge in [0.1, 0.15) is 0 Å². The number of halogens is 2. The van der Waals surface area contributed by atoms with Gasteiger partial charge in [-0.25, -0.2) is 0 Å². The largest absolute Gasteiger partial charge is 0.312 e. The van der Waals surface area contributed by atoms with Crippen LogP contribution in [0, 0.1) is 0 Å². The third-order valence-electron chi connectivity index (χ3n) is 1.84. The predicted octanol–water partition coefficient (Wildman–Crippen LogP) is 2.63. The van der Waals surface area contributed by atoms with Gasteiger partial charge in [-0.15, -0.1) is 36.2 Å². The predicted molar refractivity (Wildman–Crippen MR) is 73.7 cm³/mol. The van der Waals surface area contributed by atoms with Crippen molar-refractivity contribution in [3.05, 3.63) is 22.4 Å². The summed E-state index contributed by atoms with van der Waals surface area (Å²) >= 11 is 1.81. The van der Waals surface area contributed by atoms with E-state index < -0.39 is 0 Å². The summed E-state index contributed by atoms with van der Waals surface area (Å²) in [4.78, 5) is 3.64. The molecular weight excluding hydrogens is 251 g/mol. The molecule has 1 aromatic heterocycles. The maximum absolute atomic E-state index is 3.43. The molecule has 90 valence electrons. The molecule has 0 aliphatic carbocycles. The maximum Gasteiger partial charge on any atom is 0.0299 e. The van der Waals surface area contributed by atoms with Crippen molar-refractivity contribution >= 4 is 36.2 Å². The molecule has 15 heavy (non-hydrogen) atoms. The molecule has 0 spiro atoms. The van der Waals surface area contributed by atoms with Gasteiger partial charge in [-0.2, -0.15) is 0 Å². The Morgan fingerprint density at radius 2 is 2.07 bits per heavy atom. The van der Waals surface area contributed by atoms with Crippen molar-refractivity contribution in [1.29, 1.82) is 0 Å². The monoisotopic (exact) mass is 270 g/mol. The summed E-state index contributed by atoms with van der Waals surface area (Å²) in [7, 11) is 4.22. The Morgan fingerprint density at radius 3 is 2.60 bits per heavy atom. The summed E-state index contributed by atoms with van der Waals surface area (Å²) in [6.07, 6.45) is 1.22. The van der Waals surface area contributed by atoms with E-state index in [0.29, 0.717) is 0 Å². The molecular formula is C10H20Cl2N2S. The van der Waals surface area contributed by atoms with Crippen molar-refractivity contribution in [2.45, 2.75) is 13.0 Å². The van der Waals surface area contributed by atoms with Crippen LogP contribution in [0.15, 0.2) is 17.5 Å². The summed E-state index contributed by atoms with van der Waals surface area (Å²) in [6.45, 7) is 3.29. The van der Waals surface area contributed by atoms with E-state index in [2.05, 4.69) is 41.8 Å². The minimum Gasteiger partial charge on any atom is -0.312 e. The van der Waals surface area contributed by atoms with Gasteiger partial charge in [0, 0.05) is 11.4 Å². The van der Waals surface area contributed by atoms with Crippen LogP contribution in [-0.2, 0) is 6.54 Å². The van der Waals surface area contributed by atoms with E-state index in [9.17, 15) is 0 Å². The van der Waals surface area contributed by atoms with Crippen LogP contribution in [0.1, 0.15) is 11.3 Å². The van der Waals surface area contributed by atoms with Crippen LogP contribution in [0.5, 0.6) is 0 Å². The molecule has 0 bridgehead atoms. The van der Waals surface area contributed by atoms with Crippen molar-refractivity contribution < 1.29 is 0 Å². The van der Waals surface area contributed by atoms with Gasteiger partial charge in [0.15, 0.2) is 0 Å². The van der Waals surface area contributed by atoms with E-state index in [1.807, 2.05) is 11.3 Å². The Labute approximate surface area is 109 Å². The molecule has 0 saturated heterocycles. The molecule has 0 aliphatic heterocycles. The average Bonchev–Trinajstić information content (AvgIpc) is 2.55. The first kappa shape index (κ1) is 17.6. The van der Waals surface area contributed by atoms with Crippen molar-refractivity contribution in [2.24, 2.45) is 0 Å². The zero-order valence-electron chi connectivity index (χ0n) is 9.23. The van der Waals surface area contributed by atoms with E-state index in [-0.39, 0.29) is 24.8 Å². The van der Waals surface area contributed by atoms with Crippen molar-refractivity contribution in [3.8, 4) is 0 Å². The quantitative estimate of drug-likeness (QED) is 0.800. The van der Waals surface area contributed by atoms with Crippen LogP contribution < -0.4 is 5.32 Å². The zero-order valence-corrected chi connectivity index (χ0v) is 11.7. The highest BCUT2D eigenvalue weighted by atomic mass is 35.5. The first-order valence-corrected chi connectivity index (χ1v) is 5.55. The minimum atomic E-state index is 0. The molecule has 0 fully saturated rings. The molecule has 0 radical (unpaired) electrons. The normalized spacial score (nSPS) is 9.53. The fourth-order valence-corrected chi connectivity index (χ4v) is 1.82. The fraction of sp³-hybridized carbons (Fsp3) is 0.600. The lowest BCUT2D eigenvalue weighted by Gasteiger charge is -2.09. The summed E-state index contributed by atoms with van der Waals surface area (Å²) in [6, 6.07) is 4.27. The molecule has 1 N–H and O–H groups in total. The molecule has 0 unspecified atom stereocenters. The smallest absolute Gasteiger partial charge is 0.0299 e. The van der Waals surface area contributed by atoms with Crippen LogP contribution in [0.25, 0.3) is 0 Å². The lowest BCUT2D eigenvalue weighted by Crippen LogP contribution is -2.20. The van der Waals surface area contributed by atoms with Crippen LogP contribution in [0.4, 0.5) is 0 Å². The second-order valence-electron chi connectivity index (χ2n) is 3.41. The van der Waals surface area contributed by atoms with Crippen molar-refractivity contribution in [2.75, 3.05) is 27.2 Å². The molecule has 1 rings (SSSR count). The topological polar surface area (TPSA) is 15.3 Å². The van der Waals surface area contributed by atoms with Crippen LogP contribution in [-0.4, -0.2) is 32.1 Å². The van der Waals surface area contributed by atoms with Gasteiger partial charge in [-0.1, -0.05) is 6.07 Å². The van der Waals surface area contributed by atoms with Crippen LogP contribution in [0.3, 0.4) is 0 Å². The van der Waals surface area contributed by atoms with Gasteiger partial charge < -0.3 is 10.2 Å². The standard InChI is InChI=1S/C10H18N2S.2ClH/c1-12(2)7-4-6-11-9-10-5-3-8-13-10;;/h3,5,8,11H,4,6-7,9H2,1-2H3;2*1H. The Kier molecular flexibility index (Phi) is 12.6. The Bertz CT molecular complexity index is 215. The lowest BCUT2D eigenvalue weighted by atomic mass is 10.4. The van der Waals surface area contributed by atoms with Gasteiger partial charge in [0.05, 0.1) is 0 Å². The molecule has 5 heteroatoms. The van der Waals surface area contributed by atoms with E-state index in [0.717, 1.165) is 19.6 Å². The average molecular weight is 271 g/mol. The van der Waals surface area contributed by atoms with E-state index in [1.54, 1.807) is 0 Å². The van der Waals surface area contributed by atoms with Crippen molar-refractivity contribution in [3.63, 3.8) is 0 Å². The maximum atomic E-state index is 3.43. The van der Waals surface area contributed by atoms with Gasteiger partial charge in [0.25, 0.3) is 0 Å². The summed E-state index contributed by atoms with van der Waals surface area (Å²) in [5.41, 5.74) is 0. The number of hydrogen-bond acceptors (Lipinski definition) is 3. The third-order valence-corrected chi connectivity index (χ3v) is 2.71. The Morgan fingerprint density at radius 1 is 1.33 bits per heavy atom. The van der Waals surface area contributed by atoms with E-state index in [4.69, 9.17) is 0 Å². The molecule has 2 nitrogen and oxygen atoms in total. The zero-order chi connectivity index (χ0) is 9.52. The number of rotatable bonds is 6. The number of thiophene rings is 1. The highest BCUT2D eigenvalue weighted by molar-refractivity contribution is 7.09. The highest BCUT2D eigenvalue weighted by Crippen LogP contribution is 2.06. The second-order valence-corrected chi connectivity index (χ2v) is 4.45. The SMILES string of the molecule is CN(C)CCCNCc1cccs1.Cl.Cl. The molecule has 0 aromatic carbocycles. The van der Waals surface area contributed by atoms with Crippen molar-refractivity contribution in [1.82, 2.24) is 10.2 Å². The first-order valence-electron chi connectivity index (χ1n) is 4.67. The highest BCUT2D eigenvalue weighted by Gasteiger charge is 1.93. The van der Waals surface area contributed by atoms with Gasteiger partial charge in [-0.05, 0) is 45.1 Å². The summed E-state index contributed by atoms with van der Waals surface area (Å²) in [5, 5.41) is 5.55. The molecule has 0 saturated carbocycles. The number of hydrogen-bond donors (Lipinski definition) is 1. The Hall–Kier alpha value is 0.200.